The predicted molar refractivity (Wildman–Crippen MR) is 84.1 cm³/mol. The Bertz CT molecular complexity index is 546. The molecule has 0 unspecified atom stereocenters. The fourth-order valence-electron chi connectivity index (χ4n) is 2.71. The summed E-state index contributed by atoms with van der Waals surface area (Å²) in [5.74, 6) is 0.328. The normalized spacial score (nSPS) is 27.2. The molecule has 1 aliphatic carbocycles. The zero-order valence-electron chi connectivity index (χ0n) is 12.0. The third kappa shape index (κ3) is 4.04. The Hall–Kier alpha value is -1.01. The van der Waals surface area contributed by atoms with Gasteiger partial charge in [-0.15, -0.1) is 0 Å². The van der Waals surface area contributed by atoms with Gasteiger partial charge in [-0.25, -0.2) is 0 Å². The van der Waals surface area contributed by atoms with Crippen LogP contribution >= 0.6 is 23.2 Å². The molecule has 1 aromatic carbocycles. The minimum atomic E-state index is -0.909. The molecule has 3 rings (SSSR count). The number of aromatic hydroxyl groups is 1. The minimum absolute atomic E-state index is 0.129. The number of carbonyl (C=O) groups is 1. The molecule has 3 N–H and O–H groups in total. The number of amides is 1. The molecule has 1 saturated carbocycles. The summed E-state index contributed by atoms with van der Waals surface area (Å²) < 4.78 is 0. The summed E-state index contributed by atoms with van der Waals surface area (Å²) in [6, 6.07) is 4.59. The number of benzene rings is 1. The van der Waals surface area contributed by atoms with Gasteiger partial charge < -0.3 is 20.2 Å². The summed E-state index contributed by atoms with van der Waals surface area (Å²) in [5.41, 5.74) is -0.909. The van der Waals surface area contributed by atoms with Gasteiger partial charge in [0.05, 0.1) is 22.3 Å². The molecule has 2 aliphatic rings. The fourth-order valence-corrected chi connectivity index (χ4v) is 3.00. The molecule has 22 heavy (non-hydrogen) atoms. The van der Waals surface area contributed by atoms with Crippen molar-refractivity contribution in [1.82, 2.24) is 4.90 Å². The van der Waals surface area contributed by atoms with Crippen LogP contribution in [0.3, 0.4) is 0 Å². The Labute approximate surface area is 139 Å². The van der Waals surface area contributed by atoms with E-state index >= 15 is 0 Å². The van der Waals surface area contributed by atoms with Crippen molar-refractivity contribution >= 4 is 29.1 Å². The number of rotatable bonds is 2. The average molecular weight is 348 g/mol. The summed E-state index contributed by atoms with van der Waals surface area (Å²) in [6.45, 7) is 0.635. The molecular weight excluding hydrogens is 329 g/mol. The number of phenols is 1. The lowest BCUT2D eigenvalue weighted by molar-refractivity contribution is -0.146. The molecule has 1 heterocycles. The van der Waals surface area contributed by atoms with Crippen LogP contribution in [0.5, 0.6) is 5.75 Å². The lowest BCUT2D eigenvalue weighted by Crippen LogP contribution is -2.57. The molecule has 1 amide bonds. The van der Waals surface area contributed by atoms with Crippen LogP contribution in [0.2, 0.25) is 10.0 Å². The number of phenolic OH excluding ortho intramolecular Hbond substituents is 1. The molecule has 0 bridgehead atoms. The van der Waals surface area contributed by atoms with E-state index in [0.717, 1.165) is 13.0 Å². The van der Waals surface area contributed by atoms with Gasteiger partial charge >= 0.3 is 0 Å². The first-order valence-corrected chi connectivity index (χ1v) is 7.87. The molecule has 5 nitrogen and oxygen atoms in total. The second kappa shape index (κ2) is 7.04. The molecule has 7 heteroatoms. The first-order chi connectivity index (χ1) is 10.3. The maximum atomic E-state index is 11.3. The summed E-state index contributed by atoms with van der Waals surface area (Å²) in [7, 11) is 0. The number of nitrogens with zero attached hydrogens (tertiary/aromatic N) is 1. The number of likely N-dealkylation sites (tertiary alicyclic amines) is 1. The van der Waals surface area contributed by atoms with Crippen molar-refractivity contribution in [2.24, 2.45) is 0 Å². The molecule has 0 radical (unpaired) electrons. The SMILES string of the molecule is O=C1CCCN1C1CC(O)(CO)C1.Oc1ccc(Cl)c(Cl)c1. The summed E-state index contributed by atoms with van der Waals surface area (Å²) in [4.78, 5) is 13.1. The zero-order valence-corrected chi connectivity index (χ0v) is 13.5. The fraction of sp³-hybridized carbons (Fsp3) is 0.533. The van der Waals surface area contributed by atoms with E-state index in [0.29, 0.717) is 29.3 Å². The van der Waals surface area contributed by atoms with E-state index in [1.807, 2.05) is 4.90 Å². The average Bonchev–Trinajstić information content (AvgIpc) is 2.86. The van der Waals surface area contributed by atoms with Crippen LogP contribution < -0.4 is 0 Å². The van der Waals surface area contributed by atoms with E-state index < -0.39 is 5.60 Å². The highest BCUT2D eigenvalue weighted by Gasteiger charge is 2.46. The van der Waals surface area contributed by atoms with Gasteiger partial charge in [-0.1, -0.05) is 23.2 Å². The molecule has 1 saturated heterocycles. The van der Waals surface area contributed by atoms with Crippen molar-refractivity contribution in [2.45, 2.75) is 37.3 Å². The topological polar surface area (TPSA) is 81.0 Å². The molecule has 0 aromatic heterocycles. The molecule has 0 spiro atoms. The van der Waals surface area contributed by atoms with Gasteiger partial charge in [-0.05, 0) is 37.5 Å². The van der Waals surface area contributed by atoms with Crippen LogP contribution in [0.1, 0.15) is 25.7 Å². The Balaban J connectivity index is 0.000000172. The van der Waals surface area contributed by atoms with Crippen molar-refractivity contribution < 1.29 is 20.1 Å². The Morgan fingerprint density at radius 3 is 2.41 bits per heavy atom. The first-order valence-electron chi connectivity index (χ1n) is 7.11. The smallest absolute Gasteiger partial charge is 0.222 e. The molecule has 0 atom stereocenters. The van der Waals surface area contributed by atoms with Gasteiger partial charge in [-0.3, -0.25) is 4.79 Å². The number of aliphatic hydroxyl groups is 2. The molecule has 2 fully saturated rings. The maximum Gasteiger partial charge on any atom is 0.222 e. The van der Waals surface area contributed by atoms with Crippen molar-refractivity contribution in [3.05, 3.63) is 28.2 Å². The predicted octanol–water partition coefficient (Wildman–Crippen LogP) is 2.19. The lowest BCUT2D eigenvalue weighted by Gasteiger charge is -2.46. The molecular formula is C15H19Cl2NO4. The van der Waals surface area contributed by atoms with E-state index in [1.165, 1.54) is 12.1 Å². The van der Waals surface area contributed by atoms with Crippen LogP contribution in [-0.2, 0) is 4.79 Å². The Morgan fingerprint density at radius 2 is 1.95 bits per heavy atom. The van der Waals surface area contributed by atoms with E-state index in [1.54, 1.807) is 6.07 Å². The van der Waals surface area contributed by atoms with Crippen molar-refractivity contribution in [1.29, 1.82) is 0 Å². The molecule has 1 aromatic rings. The highest BCUT2D eigenvalue weighted by Crippen LogP contribution is 2.37. The standard InChI is InChI=1S/C9H15NO3.C6H4Cl2O/c11-6-9(13)4-7(5-9)10-3-1-2-8(10)12;7-5-2-1-4(9)3-6(5)8/h7,11,13H,1-6H2;1-3,9H. The van der Waals surface area contributed by atoms with Crippen molar-refractivity contribution in [2.75, 3.05) is 13.2 Å². The van der Waals surface area contributed by atoms with Crippen LogP contribution in [0.15, 0.2) is 18.2 Å². The Kier molecular flexibility index (Phi) is 5.55. The van der Waals surface area contributed by atoms with Gasteiger partial charge in [0, 0.05) is 19.0 Å². The monoisotopic (exact) mass is 347 g/mol. The summed E-state index contributed by atoms with van der Waals surface area (Å²) >= 11 is 11.1. The second-order valence-corrected chi connectivity index (χ2v) is 6.55. The quantitative estimate of drug-likeness (QED) is 0.765. The van der Waals surface area contributed by atoms with Crippen molar-refractivity contribution in [3.8, 4) is 5.75 Å². The lowest BCUT2D eigenvalue weighted by atomic mass is 9.75. The number of carbonyl (C=O) groups excluding carboxylic acids is 1. The summed E-state index contributed by atoms with van der Waals surface area (Å²) in [5, 5.41) is 28.0. The third-order valence-electron chi connectivity index (χ3n) is 3.98. The van der Waals surface area contributed by atoms with Gasteiger partial charge in [-0.2, -0.15) is 0 Å². The number of halogens is 2. The van der Waals surface area contributed by atoms with E-state index in [2.05, 4.69) is 0 Å². The van der Waals surface area contributed by atoms with Crippen LogP contribution in [0.25, 0.3) is 0 Å². The van der Waals surface area contributed by atoms with Gasteiger partial charge in [0.1, 0.15) is 5.75 Å². The maximum absolute atomic E-state index is 11.3. The molecule has 122 valence electrons. The number of hydrogen-bond acceptors (Lipinski definition) is 4. The largest absolute Gasteiger partial charge is 0.508 e. The van der Waals surface area contributed by atoms with E-state index in [9.17, 15) is 9.90 Å². The minimum Gasteiger partial charge on any atom is -0.508 e. The number of aliphatic hydroxyl groups excluding tert-OH is 1. The van der Waals surface area contributed by atoms with E-state index in [4.69, 9.17) is 33.4 Å². The highest BCUT2D eigenvalue weighted by molar-refractivity contribution is 6.42. The Morgan fingerprint density at radius 1 is 1.27 bits per heavy atom. The molecule has 1 aliphatic heterocycles. The van der Waals surface area contributed by atoms with E-state index in [-0.39, 0.29) is 24.3 Å². The number of hydrogen-bond donors (Lipinski definition) is 3. The van der Waals surface area contributed by atoms with Crippen LogP contribution in [0.4, 0.5) is 0 Å². The third-order valence-corrected chi connectivity index (χ3v) is 4.72. The highest BCUT2D eigenvalue weighted by atomic mass is 35.5. The van der Waals surface area contributed by atoms with Gasteiger partial charge in [0.2, 0.25) is 5.91 Å². The van der Waals surface area contributed by atoms with Crippen LogP contribution in [0, 0.1) is 0 Å². The van der Waals surface area contributed by atoms with Gasteiger partial charge in [0.15, 0.2) is 0 Å². The summed E-state index contributed by atoms with van der Waals surface area (Å²) in [6.07, 6.45) is 2.66. The van der Waals surface area contributed by atoms with Gasteiger partial charge in [0.25, 0.3) is 0 Å². The van der Waals surface area contributed by atoms with Crippen molar-refractivity contribution in [3.63, 3.8) is 0 Å². The van der Waals surface area contributed by atoms with Crippen LogP contribution in [-0.4, -0.2) is 50.9 Å². The first kappa shape index (κ1) is 17.3. The zero-order chi connectivity index (χ0) is 16.3. The second-order valence-electron chi connectivity index (χ2n) is 5.73.